The van der Waals surface area contributed by atoms with Gasteiger partial charge in [0.05, 0.1) is 5.69 Å². The third-order valence-electron chi connectivity index (χ3n) is 3.05. The summed E-state index contributed by atoms with van der Waals surface area (Å²) in [6, 6.07) is 3.41. The number of unbranched alkanes of at least 4 members (excludes halogenated alkanes) is 3. The van der Waals surface area contributed by atoms with Gasteiger partial charge in [-0.2, -0.15) is 0 Å². The molecule has 19 heavy (non-hydrogen) atoms. The molecule has 0 aliphatic heterocycles. The van der Waals surface area contributed by atoms with E-state index >= 15 is 0 Å². The molecule has 0 aliphatic carbocycles. The molecule has 0 fully saturated rings. The number of nitrogens with two attached hydrogens (primary N) is 1. The normalized spacial score (nSPS) is 10.7. The molecule has 0 atom stereocenters. The number of carbonyl (C=O) groups excluding carboxylic acids is 1. The molecule has 0 saturated heterocycles. The lowest BCUT2D eigenvalue weighted by Crippen LogP contribution is -2.26. The molecule has 0 radical (unpaired) electrons. The van der Waals surface area contributed by atoms with Crippen LogP contribution in [0.4, 0.5) is 5.69 Å². The summed E-state index contributed by atoms with van der Waals surface area (Å²) in [5.74, 6) is 0.604. The number of anilines is 1. The molecule has 1 amide bonds. The van der Waals surface area contributed by atoms with E-state index in [0.717, 1.165) is 18.8 Å². The minimum absolute atomic E-state index is 0.180. The quantitative estimate of drug-likeness (QED) is 0.708. The number of aromatic nitrogens is 1. The van der Waals surface area contributed by atoms with Crippen molar-refractivity contribution in [1.82, 2.24) is 10.3 Å². The Morgan fingerprint density at radius 3 is 2.74 bits per heavy atom. The zero-order valence-electron chi connectivity index (χ0n) is 12.0. The molecule has 0 spiro atoms. The molecular weight excluding hydrogens is 238 g/mol. The van der Waals surface area contributed by atoms with Crippen LogP contribution >= 0.6 is 0 Å². The standard InChI is InChI=1S/C15H25N3O/c1-12(2)8-5-3-4-6-10-18-15(19)14-13(16)9-7-11-17-14/h7,9,11-12H,3-6,8,10,16H2,1-2H3,(H,18,19). The van der Waals surface area contributed by atoms with Gasteiger partial charge < -0.3 is 11.1 Å². The van der Waals surface area contributed by atoms with Crippen molar-refractivity contribution in [2.24, 2.45) is 5.92 Å². The van der Waals surface area contributed by atoms with Crippen LogP contribution in [0, 0.1) is 5.92 Å². The highest BCUT2D eigenvalue weighted by atomic mass is 16.1. The van der Waals surface area contributed by atoms with E-state index in [9.17, 15) is 4.79 Å². The minimum Gasteiger partial charge on any atom is -0.397 e. The van der Waals surface area contributed by atoms with Crippen molar-refractivity contribution in [3.05, 3.63) is 24.0 Å². The van der Waals surface area contributed by atoms with Crippen molar-refractivity contribution >= 4 is 11.6 Å². The van der Waals surface area contributed by atoms with Crippen molar-refractivity contribution in [2.75, 3.05) is 12.3 Å². The fourth-order valence-corrected chi connectivity index (χ4v) is 1.92. The van der Waals surface area contributed by atoms with E-state index in [0.29, 0.717) is 17.9 Å². The average Bonchev–Trinajstić information content (AvgIpc) is 2.37. The summed E-state index contributed by atoms with van der Waals surface area (Å²) in [6.45, 7) is 5.19. The second-order valence-electron chi connectivity index (χ2n) is 5.29. The highest BCUT2D eigenvalue weighted by Crippen LogP contribution is 2.09. The van der Waals surface area contributed by atoms with Crippen molar-refractivity contribution in [3.8, 4) is 0 Å². The van der Waals surface area contributed by atoms with Crippen LogP contribution < -0.4 is 11.1 Å². The third kappa shape index (κ3) is 6.22. The first-order chi connectivity index (χ1) is 9.11. The molecule has 4 nitrogen and oxygen atoms in total. The Labute approximate surface area is 115 Å². The molecule has 3 N–H and O–H groups in total. The molecule has 0 saturated carbocycles. The Morgan fingerprint density at radius 1 is 1.32 bits per heavy atom. The van der Waals surface area contributed by atoms with Crippen LogP contribution in [-0.2, 0) is 0 Å². The van der Waals surface area contributed by atoms with E-state index in [2.05, 4.69) is 24.1 Å². The lowest BCUT2D eigenvalue weighted by molar-refractivity contribution is 0.0949. The number of nitrogens with one attached hydrogen (secondary N) is 1. The molecule has 0 bridgehead atoms. The molecule has 4 heteroatoms. The van der Waals surface area contributed by atoms with Gasteiger partial charge in [-0.15, -0.1) is 0 Å². The van der Waals surface area contributed by atoms with Crippen LogP contribution in [0.3, 0.4) is 0 Å². The Hall–Kier alpha value is -1.58. The lowest BCUT2D eigenvalue weighted by atomic mass is 10.0. The predicted octanol–water partition coefficient (Wildman–Crippen LogP) is 3.00. The molecule has 1 heterocycles. The van der Waals surface area contributed by atoms with Crippen LogP contribution in [0.5, 0.6) is 0 Å². The van der Waals surface area contributed by atoms with Crippen molar-refractivity contribution in [3.63, 3.8) is 0 Å². The van der Waals surface area contributed by atoms with Crippen molar-refractivity contribution in [2.45, 2.75) is 46.0 Å². The van der Waals surface area contributed by atoms with Crippen LogP contribution in [-0.4, -0.2) is 17.4 Å². The monoisotopic (exact) mass is 263 g/mol. The first-order valence-electron chi connectivity index (χ1n) is 7.10. The summed E-state index contributed by atoms with van der Waals surface area (Å²) in [5, 5.41) is 2.86. The summed E-state index contributed by atoms with van der Waals surface area (Å²) in [7, 11) is 0. The molecule has 0 aliphatic rings. The van der Waals surface area contributed by atoms with E-state index in [1.54, 1.807) is 18.3 Å². The number of hydrogen-bond donors (Lipinski definition) is 2. The second-order valence-corrected chi connectivity index (χ2v) is 5.29. The van der Waals surface area contributed by atoms with Gasteiger partial charge in [-0.1, -0.05) is 39.5 Å². The zero-order chi connectivity index (χ0) is 14.1. The van der Waals surface area contributed by atoms with Gasteiger partial charge in [0.2, 0.25) is 0 Å². The van der Waals surface area contributed by atoms with E-state index < -0.39 is 0 Å². The maximum atomic E-state index is 11.8. The number of nitrogens with zero attached hydrogens (tertiary/aromatic N) is 1. The summed E-state index contributed by atoms with van der Waals surface area (Å²) >= 11 is 0. The van der Waals surface area contributed by atoms with Gasteiger partial charge >= 0.3 is 0 Å². The fraction of sp³-hybridized carbons (Fsp3) is 0.600. The SMILES string of the molecule is CC(C)CCCCCCNC(=O)c1ncccc1N. The Kier molecular flexibility index (Phi) is 6.93. The van der Waals surface area contributed by atoms with Gasteiger partial charge in [0.25, 0.3) is 5.91 Å². The van der Waals surface area contributed by atoms with Gasteiger partial charge in [0, 0.05) is 12.7 Å². The number of carbonyl (C=O) groups is 1. The zero-order valence-corrected chi connectivity index (χ0v) is 12.0. The van der Waals surface area contributed by atoms with E-state index in [4.69, 9.17) is 5.73 Å². The van der Waals surface area contributed by atoms with E-state index in [-0.39, 0.29) is 5.91 Å². The molecule has 1 rings (SSSR count). The third-order valence-corrected chi connectivity index (χ3v) is 3.05. The van der Waals surface area contributed by atoms with Gasteiger partial charge in [-0.05, 0) is 24.5 Å². The number of rotatable bonds is 8. The Morgan fingerprint density at radius 2 is 2.05 bits per heavy atom. The van der Waals surface area contributed by atoms with Crippen molar-refractivity contribution < 1.29 is 4.79 Å². The van der Waals surface area contributed by atoms with E-state index in [1.807, 2.05) is 0 Å². The van der Waals surface area contributed by atoms with Crippen molar-refractivity contribution in [1.29, 1.82) is 0 Å². The summed E-state index contributed by atoms with van der Waals surface area (Å²) in [4.78, 5) is 15.8. The number of amides is 1. The van der Waals surface area contributed by atoms with Gasteiger partial charge in [0.1, 0.15) is 0 Å². The van der Waals surface area contributed by atoms with Gasteiger partial charge in [-0.3, -0.25) is 4.79 Å². The number of nitrogen functional groups attached to an aromatic ring is 1. The molecular formula is C15H25N3O. The van der Waals surface area contributed by atoms with E-state index in [1.165, 1.54) is 19.3 Å². The summed E-state index contributed by atoms with van der Waals surface area (Å²) < 4.78 is 0. The lowest BCUT2D eigenvalue weighted by Gasteiger charge is -2.07. The van der Waals surface area contributed by atoms with Crippen LogP contribution in [0.2, 0.25) is 0 Å². The molecule has 106 valence electrons. The highest BCUT2D eigenvalue weighted by Gasteiger charge is 2.09. The van der Waals surface area contributed by atoms with Gasteiger partial charge in [-0.25, -0.2) is 4.98 Å². The highest BCUT2D eigenvalue weighted by molar-refractivity contribution is 5.96. The first kappa shape index (κ1) is 15.5. The first-order valence-corrected chi connectivity index (χ1v) is 7.10. The van der Waals surface area contributed by atoms with Gasteiger partial charge in [0.15, 0.2) is 5.69 Å². The molecule has 0 unspecified atom stereocenters. The van der Waals surface area contributed by atoms with Crippen LogP contribution in [0.25, 0.3) is 0 Å². The fourth-order valence-electron chi connectivity index (χ4n) is 1.92. The predicted molar refractivity (Wildman–Crippen MR) is 78.9 cm³/mol. The molecule has 0 aromatic carbocycles. The summed E-state index contributed by atoms with van der Waals surface area (Å²) in [6.07, 6.45) is 7.55. The topological polar surface area (TPSA) is 68.0 Å². The number of hydrogen-bond acceptors (Lipinski definition) is 3. The molecule has 1 aromatic rings. The Bertz CT molecular complexity index is 391. The Balaban J connectivity index is 2.13. The van der Waals surface area contributed by atoms with Crippen LogP contribution in [0.15, 0.2) is 18.3 Å². The minimum atomic E-state index is -0.180. The second kappa shape index (κ2) is 8.51. The average molecular weight is 263 g/mol. The smallest absolute Gasteiger partial charge is 0.272 e. The van der Waals surface area contributed by atoms with Crippen LogP contribution in [0.1, 0.15) is 56.4 Å². The summed E-state index contributed by atoms with van der Waals surface area (Å²) in [5.41, 5.74) is 6.45. The maximum Gasteiger partial charge on any atom is 0.272 e. The maximum absolute atomic E-state index is 11.8. The molecule has 1 aromatic heterocycles. The largest absolute Gasteiger partial charge is 0.397 e. The number of pyridine rings is 1.